The van der Waals surface area contributed by atoms with Crippen LogP contribution in [0.25, 0.3) is 11.6 Å². The van der Waals surface area contributed by atoms with Crippen LogP contribution in [-0.4, -0.2) is 11.8 Å². The van der Waals surface area contributed by atoms with Crippen LogP contribution in [0.3, 0.4) is 0 Å². The summed E-state index contributed by atoms with van der Waals surface area (Å²) in [6, 6.07) is 20.7. The predicted molar refractivity (Wildman–Crippen MR) is 79.8 cm³/mol. The van der Waals surface area contributed by atoms with E-state index in [0.717, 1.165) is 12.8 Å². The molecule has 2 nitrogen and oxygen atoms in total. The number of hydrogen-bond acceptors (Lipinski definition) is 2. The van der Waals surface area contributed by atoms with Crippen molar-refractivity contribution >= 4 is 11.6 Å². The fourth-order valence-corrected chi connectivity index (χ4v) is 2.06. The molecule has 2 heteroatoms. The molecule has 19 heavy (non-hydrogen) atoms. The Morgan fingerprint density at radius 1 is 0.947 bits per heavy atom. The number of rotatable bonds is 6. The lowest BCUT2D eigenvalue weighted by Gasteiger charge is -2.08. The van der Waals surface area contributed by atoms with Gasteiger partial charge in [0.15, 0.2) is 0 Å². The van der Waals surface area contributed by atoms with E-state index < -0.39 is 0 Å². The molecule has 0 atom stereocenters. The Bertz CT molecular complexity index is 505. The maximum Gasteiger partial charge on any atom is 0.0210 e. The zero-order valence-electron chi connectivity index (χ0n) is 10.9. The average molecular weight is 253 g/mol. The zero-order chi connectivity index (χ0) is 13.3. The van der Waals surface area contributed by atoms with Crippen molar-refractivity contribution in [1.29, 1.82) is 0 Å². The largest absolute Gasteiger partial charge is 0.317 e. The molecule has 0 aliphatic rings. The molecular formula is C17H19NO. The summed E-state index contributed by atoms with van der Waals surface area (Å²) < 4.78 is 0. The Labute approximate surface area is 114 Å². The Morgan fingerprint density at radius 3 is 2.21 bits per heavy atom. The molecule has 0 aliphatic carbocycles. The summed E-state index contributed by atoms with van der Waals surface area (Å²) in [6.07, 6.45) is 4.06. The van der Waals surface area contributed by atoms with Gasteiger partial charge in [-0.2, -0.15) is 0 Å². The molecule has 0 heterocycles. The standard InChI is InChI=1S/C17H19NO/c19-18-13-7-12-17(16-10-5-2-6-11-16)14-15-8-3-1-4-9-15/h1-6,8-11,14,18-19H,7,12-13H2/b17-14+. The minimum atomic E-state index is 0.610. The molecule has 2 aromatic rings. The summed E-state index contributed by atoms with van der Waals surface area (Å²) in [5, 5.41) is 8.67. The van der Waals surface area contributed by atoms with E-state index in [2.05, 4.69) is 48.0 Å². The Balaban J connectivity index is 2.22. The van der Waals surface area contributed by atoms with E-state index in [9.17, 15) is 0 Å². The number of allylic oxidation sites excluding steroid dienone is 1. The van der Waals surface area contributed by atoms with Gasteiger partial charge in [0.1, 0.15) is 0 Å². The average Bonchev–Trinajstić information content (AvgIpc) is 2.48. The van der Waals surface area contributed by atoms with Crippen LogP contribution in [0.1, 0.15) is 24.0 Å². The van der Waals surface area contributed by atoms with Gasteiger partial charge in [-0.05, 0) is 29.5 Å². The minimum absolute atomic E-state index is 0.610. The highest BCUT2D eigenvalue weighted by atomic mass is 16.5. The van der Waals surface area contributed by atoms with Crippen molar-refractivity contribution in [2.75, 3.05) is 6.54 Å². The first-order chi connectivity index (χ1) is 9.40. The van der Waals surface area contributed by atoms with Crippen LogP contribution >= 0.6 is 0 Å². The third kappa shape index (κ3) is 4.36. The van der Waals surface area contributed by atoms with E-state index in [1.807, 2.05) is 24.3 Å². The van der Waals surface area contributed by atoms with Crippen LogP contribution < -0.4 is 5.48 Å². The van der Waals surface area contributed by atoms with Gasteiger partial charge >= 0.3 is 0 Å². The fraction of sp³-hybridized carbons (Fsp3) is 0.176. The van der Waals surface area contributed by atoms with Crippen LogP contribution in [0.2, 0.25) is 0 Å². The second-order valence-electron chi connectivity index (χ2n) is 4.46. The van der Waals surface area contributed by atoms with Crippen molar-refractivity contribution in [3.63, 3.8) is 0 Å². The smallest absolute Gasteiger partial charge is 0.0210 e. The lowest BCUT2D eigenvalue weighted by Crippen LogP contribution is -2.08. The summed E-state index contributed by atoms with van der Waals surface area (Å²) in [6.45, 7) is 0.610. The highest BCUT2D eigenvalue weighted by Gasteiger charge is 2.01. The third-order valence-corrected chi connectivity index (χ3v) is 3.02. The van der Waals surface area contributed by atoms with Crippen molar-refractivity contribution in [3.8, 4) is 0 Å². The maximum absolute atomic E-state index is 8.67. The summed E-state index contributed by atoms with van der Waals surface area (Å²) in [4.78, 5) is 0. The second kappa shape index (κ2) is 7.52. The molecule has 0 spiro atoms. The molecule has 2 aromatic carbocycles. The quantitative estimate of drug-likeness (QED) is 0.463. The number of nitrogens with one attached hydrogen (secondary N) is 1. The van der Waals surface area contributed by atoms with Gasteiger partial charge in [-0.1, -0.05) is 66.7 Å². The SMILES string of the molecule is ONCCC/C(=C\c1ccccc1)c1ccccc1. The topological polar surface area (TPSA) is 32.3 Å². The first kappa shape index (κ1) is 13.5. The van der Waals surface area contributed by atoms with Crippen molar-refractivity contribution in [3.05, 3.63) is 71.8 Å². The van der Waals surface area contributed by atoms with E-state index >= 15 is 0 Å². The molecule has 2 N–H and O–H groups in total. The molecule has 0 radical (unpaired) electrons. The van der Waals surface area contributed by atoms with Gasteiger partial charge in [-0.15, -0.1) is 0 Å². The van der Waals surface area contributed by atoms with Gasteiger partial charge in [0.2, 0.25) is 0 Å². The van der Waals surface area contributed by atoms with Crippen LogP contribution in [0.4, 0.5) is 0 Å². The Hall–Kier alpha value is -1.90. The zero-order valence-corrected chi connectivity index (χ0v) is 10.9. The van der Waals surface area contributed by atoms with Gasteiger partial charge in [0, 0.05) is 6.54 Å². The monoisotopic (exact) mass is 253 g/mol. The molecule has 0 aliphatic heterocycles. The molecule has 0 aromatic heterocycles. The van der Waals surface area contributed by atoms with E-state index in [1.165, 1.54) is 16.7 Å². The number of benzene rings is 2. The Morgan fingerprint density at radius 2 is 1.58 bits per heavy atom. The highest BCUT2D eigenvalue weighted by molar-refractivity contribution is 5.81. The van der Waals surface area contributed by atoms with E-state index in [1.54, 1.807) is 0 Å². The number of hydrogen-bond donors (Lipinski definition) is 2. The molecule has 0 saturated carbocycles. The summed E-state index contributed by atoms with van der Waals surface area (Å²) in [5.74, 6) is 0. The molecule has 2 rings (SSSR count). The van der Waals surface area contributed by atoms with Crippen molar-refractivity contribution in [2.45, 2.75) is 12.8 Å². The van der Waals surface area contributed by atoms with Crippen LogP contribution in [0.5, 0.6) is 0 Å². The van der Waals surface area contributed by atoms with E-state index in [4.69, 9.17) is 5.21 Å². The summed E-state index contributed by atoms with van der Waals surface area (Å²) in [5.41, 5.74) is 5.95. The first-order valence-electron chi connectivity index (χ1n) is 6.58. The first-order valence-corrected chi connectivity index (χ1v) is 6.58. The third-order valence-electron chi connectivity index (χ3n) is 3.02. The lowest BCUT2D eigenvalue weighted by molar-refractivity contribution is 0.166. The van der Waals surface area contributed by atoms with E-state index in [0.29, 0.717) is 6.54 Å². The predicted octanol–water partition coefficient (Wildman–Crippen LogP) is 3.99. The van der Waals surface area contributed by atoms with Crippen molar-refractivity contribution in [2.24, 2.45) is 0 Å². The minimum Gasteiger partial charge on any atom is -0.317 e. The van der Waals surface area contributed by atoms with Gasteiger partial charge < -0.3 is 5.21 Å². The maximum atomic E-state index is 8.67. The Kier molecular flexibility index (Phi) is 5.35. The normalized spacial score (nSPS) is 11.5. The summed E-state index contributed by atoms with van der Waals surface area (Å²) >= 11 is 0. The lowest BCUT2D eigenvalue weighted by atomic mass is 9.98. The molecule has 0 bridgehead atoms. The van der Waals surface area contributed by atoms with Gasteiger partial charge in [0.25, 0.3) is 0 Å². The molecular weight excluding hydrogens is 234 g/mol. The second-order valence-corrected chi connectivity index (χ2v) is 4.46. The molecule has 0 unspecified atom stereocenters. The van der Waals surface area contributed by atoms with Crippen LogP contribution in [0, 0.1) is 0 Å². The van der Waals surface area contributed by atoms with E-state index in [-0.39, 0.29) is 0 Å². The van der Waals surface area contributed by atoms with Crippen molar-refractivity contribution < 1.29 is 5.21 Å². The molecule has 0 saturated heterocycles. The molecule has 0 amide bonds. The molecule has 98 valence electrons. The van der Waals surface area contributed by atoms with Crippen LogP contribution in [-0.2, 0) is 0 Å². The van der Waals surface area contributed by atoms with Crippen LogP contribution in [0.15, 0.2) is 60.7 Å². The molecule has 0 fully saturated rings. The number of hydroxylamine groups is 1. The van der Waals surface area contributed by atoms with Gasteiger partial charge in [0.05, 0.1) is 0 Å². The van der Waals surface area contributed by atoms with Gasteiger partial charge in [-0.3, -0.25) is 0 Å². The highest BCUT2D eigenvalue weighted by Crippen LogP contribution is 2.22. The fourth-order valence-electron chi connectivity index (χ4n) is 2.06. The van der Waals surface area contributed by atoms with Crippen molar-refractivity contribution in [1.82, 2.24) is 5.48 Å². The summed E-state index contributed by atoms with van der Waals surface area (Å²) in [7, 11) is 0. The van der Waals surface area contributed by atoms with Gasteiger partial charge in [-0.25, -0.2) is 5.48 Å².